The van der Waals surface area contributed by atoms with Gasteiger partial charge in [-0.25, -0.2) is 13.4 Å². The van der Waals surface area contributed by atoms with Crippen molar-refractivity contribution in [1.82, 2.24) is 15.3 Å². The van der Waals surface area contributed by atoms with Gasteiger partial charge < -0.3 is 5.32 Å². The maximum absolute atomic E-state index is 12.3. The first-order valence-electron chi connectivity index (χ1n) is 6.62. The van der Waals surface area contributed by atoms with E-state index >= 15 is 0 Å². The van der Waals surface area contributed by atoms with E-state index in [0.717, 1.165) is 0 Å². The summed E-state index contributed by atoms with van der Waals surface area (Å²) in [5.41, 5.74) is 0.806. The second kappa shape index (κ2) is 4.77. The van der Waals surface area contributed by atoms with E-state index in [1.54, 1.807) is 13.0 Å². The van der Waals surface area contributed by atoms with Crippen LogP contribution in [0.1, 0.15) is 23.8 Å². The lowest BCUT2D eigenvalue weighted by Gasteiger charge is -2.23. The van der Waals surface area contributed by atoms with Gasteiger partial charge in [0, 0.05) is 0 Å². The molecule has 0 bridgehead atoms. The number of benzene rings is 1. The smallest absolute Gasteiger partial charge is 0.271 e. The van der Waals surface area contributed by atoms with Gasteiger partial charge in [-0.15, -0.1) is 0 Å². The van der Waals surface area contributed by atoms with Crippen LogP contribution < -0.4 is 5.32 Å². The first-order chi connectivity index (χ1) is 9.87. The Morgan fingerprint density at radius 2 is 2.00 bits per heavy atom. The molecule has 1 amide bonds. The minimum absolute atomic E-state index is 0.0350. The minimum atomic E-state index is -3.07. The molecule has 7 heteroatoms. The van der Waals surface area contributed by atoms with Gasteiger partial charge in [-0.2, -0.15) is 0 Å². The molecule has 21 heavy (non-hydrogen) atoms. The molecular weight excluding hydrogens is 290 g/mol. The minimum Gasteiger partial charge on any atom is -0.344 e. The third-order valence-corrected chi connectivity index (χ3v) is 5.50. The molecule has 0 aliphatic carbocycles. The van der Waals surface area contributed by atoms with Crippen molar-refractivity contribution in [3.05, 3.63) is 36.2 Å². The molecule has 1 saturated heterocycles. The van der Waals surface area contributed by atoms with Gasteiger partial charge in [0.1, 0.15) is 5.69 Å². The van der Waals surface area contributed by atoms with E-state index in [1.807, 2.05) is 18.2 Å². The SMILES string of the molecule is C[C@@]1(NC(=O)c2cnc3ccccc3n2)CCS(=O)(=O)C1. The second-order valence-electron chi connectivity index (χ2n) is 5.60. The normalized spacial score (nSPS) is 24.0. The van der Waals surface area contributed by atoms with Crippen molar-refractivity contribution >= 4 is 26.8 Å². The Hall–Kier alpha value is -2.02. The van der Waals surface area contributed by atoms with Crippen LogP contribution >= 0.6 is 0 Å². The Labute approximate surface area is 122 Å². The predicted octanol–water partition coefficient (Wildman–Crippen LogP) is 0.937. The van der Waals surface area contributed by atoms with Gasteiger partial charge in [0.25, 0.3) is 5.91 Å². The molecule has 1 N–H and O–H groups in total. The number of carbonyl (C=O) groups excluding carboxylic acids is 1. The molecule has 1 aromatic heterocycles. The Bertz CT molecular complexity index is 819. The summed E-state index contributed by atoms with van der Waals surface area (Å²) in [6.45, 7) is 1.74. The molecule has 2 aromatic rings. The highest BCUT2D eigenvalue weighted by Gasteiger charge is 2.39. The van der Waals surface area contributed by atoms with Gasteiger partial charge in [-0.1, -0.05) is 12.1 Å². The van der Waals surface area contributed by atoms with E-state index in [0.29, 0.717) is 17.5 Å². The van der Waals surface area contributed by atoms with Crippen molar-refractivity contribution in [2.45, 2.75) is 18.9 Å². The molecule has 1 atom stereocenters. The molecule has 0 spiro atoms. The zero-order valence-electron chi connectivity index (χ0n) is 11.5. The monoisotopic (exact) mass is 305 g/mol. The zero-order valence-corrected chi connectivity index (χ0v) is 12.4. The summed E-state index contributed by atoms with van der Waals surface area (Å²) in [5.74, 6) is -0.326. The summed E-state index contributed by atoms with van der Waals surface area (Å²) in [5, 5.41) is 2.77. The standard InChI is InChI=1S/C14H15N3O3S/c1-14(6-7-21(19,20)9-14)17-13(18)12-8-15-10-4-2-3-5-11(10)16-12/h2-5,8H,6-7,9H2,1H3,(H,17,18)/t14-/m1/s1. The summed E-state index contributed by atoms with van der Waals surface area (Å²) in [7, 11) is -3.07. The number of aromatic nitrogens is 2. The van der Waals surface area contributed by atoms with Crippen LogP contribution in [0.2, 0.25) is 0 Å². The molecule has 0 radical (unpaired) electrons. The summed E-state index contributed by atoms with van der Waals surface area (Å²) in [6.07, 6.45) is 1.83. The summed E-state index contributed by atoms with van der Waals surface area (Å²) < 4.78 is 23.1. The van der Waals surface area contributed by atoms with E-state index in [2.05, 4.69) is 15.3 Å². The third kappa shape index (κ3) is 2.87. The third-order valence-electron chi connectivity index (χ3n) is 3.60. The number of nitrogens with one attached hydrogen (secondary N) is 1. The lowest BCUT2D eigenvalue weighted by Crippen LogP contribution is -2.47. The molecule has 110 valence electrons. The zero-order chi connectivity index (χ0) is 15.1. The van der Waals surface area contributed by atoms with Crippen LogP contribution in [0.4, 0.5) is 0 Å². The number of rotatable bonds is 2. The Kier molecular flexibility index (Phi) is 3.16. The van der Waals surface area contributed by atoms with Crippen LogP contribution in [0, 0.1) is 0 Å². The van der Waals surface area contributed by atoms with E-state index in [-0.39, 0.29) is 17.2 Å². The maximum Gasteiger partial charge on any atom is 0.271 e. The molecule has 3 rings (SSSR count). The highest BCUT2D eigenvalue weighted by molar-refractivity contribution is 7.91. The molecule has 1 aliphatic heterocycles. The Morgan fingerprint density at radius 1 is 1.29 bits per heavy atom. The fraction of sp³-hybridized carbons (Fsp3) is 0.357. The van der Waals surface area contributed by atoms with Crippen LogP contribution in [-0.4, -0.2) is 41.3 Å². The molecule has 1 aromatic carbocycles. The number of fused-ring (bicyclic) bond motifs is 1. The molecule has 2 heterocycles. The number of hydrogen-bond acceptors (Lipinski definition) is 5. The Morgan fingerprint density at radius 3 is 2.67 bits per heavy atom. The van der Waals surface area contributed by atoms with Gasteiger partial charge >= 0.3 is 0 Å². The van der Waals surface area contributed by atoms with Crippen LogP contribution in [0.15, 0.2) is 30.5 Å². The lowest BCUT2D eigenvalue weighted by atomic mass is 10.0. The Balaban J connectivity index is 1.84. The van der Waals surface area contributed by atoms with Crippen molar-refractivity contribution in [2.75, 3.05) is 11.5 Å². The van der Waals surface area contributed by atoms with Crippen molar-refractivity contribution in [2.24, 2.45) is 0 Å². The van der Waals surface area contributed by atoms with Crippen LogP contribution in [0.5, 0.6) is 0 Å². The van der Waals surface area contributed by atoms with E-state index in [9.17, 15) is 13.2 Å². The predicted molar refractivity (Wildman–Crippen MR) is 78.7 cm³/mol. The number of carbonyl (C=O) groups is 1. The van der Waals surface area contributed by atoms with Gasteiger partial charge in [0.15, 0.2) is 9.84 Å². The highest BCUT2D eigenvalue weighted by Crippen LogP contribution is 2.23. The summed E-state index contributed by atoms with van der Waals surface area (Å²) in [6, 6.07) is 7.26. The quantitative estimate of drug-likeness (QED) is 0.892. The average molecular weight is 305 g/mol. The maximum atomic E-state index is 12.3. The highest BCUT2D eigenvalue weighted by atomic mass is 32.2. The molecular formula is C14H15N3O3S. The van der Waals surface area contributed by atoms with Crippen LogP contribution in [-0.2, 0) is 9.84 Å². The fourth-order valence-corrected chi connectivity index (χ4v) is 4.61. The van der Waals surface area contributed by atoms with Crippen LogP contribution in [0.3, 0.4) is 0 Å². The number of hydrogen-bond donors (Lipinski definition) is 1. The van der Waals surface area contributed by atoms with Crippen molar-refractivity contribution in [3.63, 3.8) is 0 Å². The molecule has 0 saturated carbocycles. The van der Waals surface area contributed by atoms with Gasteiger partial charge in [0.05, 0.1) is 34.3 Å². The number of para-hydroxylation sites is 2. The lowest BCUT2D eigenvalue weighted by molar-refractivity contribution is 0.0910. The van der Waals surface area contributed by atoms with Gasteiger partial charge in [-0.05, 0) is 25.5 Å². The molecule has 0 unspecified atom stereocenters. The average Bonchev–Trinajstić information content (AvgIpc) is 2.71. The van der Waals surface area contributed by atoms with E-state index in [1.165, 1.54) is 6.20 Å². The van der Waals surface area contributed by atoms with E-state index < -0.39 is 21.3 Å². The summed E-state index contributed by atoms with van der Waals surface area (Å²) in [4.78, 5) is 20.7. The number of sulfone groups is 1. The van der Waals surface area contributed by atoms with Crippen molar-refractivity contribution in [1.29, 1.82) is 0 Å². The second-order valence-corrected chi connectivity index (χ2v) is 7.78. The molecule has 6 nitrogen and oxygen atoms in total. The van der Waals surface area contributed by atoms with Gasteiger partial charge in [-0.3, -0.25) is 9.78 Å². The number of nitrogens with zero attached hydrogens (tertiary/aromatic N) is 2. The van der Waals surface area contributed by atoms with Gasteiger partial charge in [0.2, 0.25) is 0 Å². The first kappa shape index (κ1) is 13.9. The first-order valence-corrected chi connectivity index (χ1v) is 8.44. The van der Waals surface area contributed by atoms with E-state index in [4.69, 9.17) is 0 Å². The largest absolute Gasteiger partial charge is 0.344 e. The molecule has 1 fully saturated rings. The molecule has 1 aliphatic rings. The topological polar surface area (TPSA) is 89.0 Å². The van der Waals surface area contributed by atoms with Crippen LogP contribution in [0.25, 0.3) is 11.0 Å². The fourth-order valence-electron chi connectivity index (χ4n) is 2.51. The van der Waals surface area contributed by atoms with Crippen molar-refractivity contribution < 1.29 is 13.2 Å². The van der Waals surface area contributed by atoms with Crippen molar-refractivity contribution in [3.8, 4) is 0 Å². The number of amides is 1. The summed E-state index contributed by atoms with van der Waals surface area (Å²) >= 11 is 0.